The molecule has 0 aromatic carbocycles. The maximum absolute atomic E-state index is 12.8. The van der Waals surface area contributed by atoms with E-state index >= 15 is 0 Å². The number of nitrogens with zero attached hydrogens (tertiary/aromatic N) is 1. The van der Waals surface area contributed by atoms with Crippen LogP contribution in [0, 0.1) is 11.3 Å². The summed E-state index contributed by atoms with van der Waals surface area (Å²) in [6.45, 7) is 4.11. The van der Waals surface area contributed by atoms with E-state index in [0.29, 0.717) is 18.1 Å². The standard InChI is InChI=1S/C16H19NO6/c1-3-20-14(18)16(15(19)21-4-2)8-10-9-23-17-13(10)12(16)11-6-5-7-22-11/h5-7,10,12H,3-4,8-9H2,1-2H3/t10-,12-/m0/s1. The molecule has 1 fully saturated rings. The highest BCUT2D eigenvalue weighted by Gasteiger charge is 2.66. The van der Waals surface area contributed by atoms with Crippen molar-refractivity contribution in [3.05, 3.63) is 24.2 Å². The molecule has 3 rings (SSSR count). The molecule has 0 bridgehead atoms. The summed E-state index contributed by atoms with van der Waals surface area (Å²) in [5, 5.41) is 4.06. The quantitative estimate of drug-likeness (QED) is 0.608. The Kier molecular flexibility index (Phi) is 4.11. The molecule has 2 aliphatic rings. The van der Waals surface area contributed by atoms with Gasteiger partial charge in [-0.15, -0.1) is 0 Å². The molecule has 7 heteroatoms. The summed E-state index contributed by atoms with van der Waals surface area (Å²) in [5.41, 5.74) is -0.835. The third kappa shape index (κ3) is 2.31. The lowest BCUT2D eigenvalue weighted by Gasteiger charge is -2.29. The van der Waals surface area contributed by atoms with Crippen LogP contribution in [0.3, 0.4) is 0 Å². The highest BCUT2D eigenvalue weighted by atomic mass is 16.6. The molecule has 0 unspecified atom stereocenters. The van der Waals surface area contributed by atoms with Crippen LogP contribution in [0.1, 0.15) is 31.9 Å². The molecule has 1 aromatic rings. The first kappa shape index (κ1) is 15.6. The predicted molar refractivity (Wildman–Crippen MR) is 78.6 cm³/mol. The molecule has 23 heavy (non-hydrogen) atoms. The van der Waals surface area contributed by atoms with Gasteiger partial charge in [0.25, 0.3) is 0 Å². The van der Waals surface area contributed by atoms with E-state index in [1.165, 1.54) is 6.26 Å². The molecule has 2 atom stereocenters. The minimum atomic E-state index is -1.48. The van der Waals surface area contributed by atoms with Gasteiger partial charge in [-0.1, -0.05) is 5.16 Å². The van der Waals surface area contributed by atoms with E-state index in [1.807, 2.05) is 0 Å². The van der Waals surface area contributed by atoms with Crippen molar-refractivity contribution in [2.24, 2.45) is 16.5 Å². The third-order valence-corrected chi connectivity index (χ3v) is 4.33. The van der Waals surface area contributed by atoms with E-state index in [9.17, 15) is 9.59 Å². The van der Waals surface area contributed by atoms with Gasteiger partial charge in [0.2, 0.25) is 0 Å². The Morgan fingerprint density at radius 2 is 2.00 bits per heavy atom. The van der Waals surface area contributed by atoms with E-state index in [0.717, 1.165) is 0 Å². The van der Waals surface area contributed by atoms with Crippen LogP contribution in [0.25, 0.3) is 0 Å². The van der Waals surface area contributed by atoms with Gasteiger partial charge in [-0.3, -0.25) is 9.59 Å². The Hall–Kier alpha value is -2.31. The Balaban J connectivity index is 2.11. The largest absolute Gasteiger partial charge is 0.469 e. The molecule has 7 nitrogen and oxygen atoms in total. The van der Waals surface area contributed by atoms with Gasteiger partial charge in [0.1, 0.15) is 12.4 Å². The molecule has 1 aromatic heterocycles. The van der Waals surface area contributed by atoms with Gasteiger partial charge in [0.05, 0.1) is 31.1 Å². The fourth-order valence-corrected chi connectivity index (χ4v) is 3.42. The first-order valence-corrected chi connectivity index (χ1v) is 7.72. The van der Waals surface area contributed by atoms with Crippen molar-refractivity contribution < 1.29 is 28.3 Å². The summed E-state index contributed by atoms with van der Waals surface area (Å²) >= 11 is 0. The minimum Gasteiger partial charge on any atom is -0.469 e. The first-order valence-electron chi connectivity index (χ1n) is 7.72. The van der Waals surface area contributed by atoms with Gasteiger partial charge in [-0.2, -0.15) is 0 Å². The lowest BCUT2D eigenvalue weighted by molar-refractivity contribution is -0.173. The average molecular weight is 321 g/mol. The van der Waals surface area contributed by atoms with E-state index < -0.39 is 23.3 Å². The second-order valence-electron chi connectivity index (χ2n) is 5.57. The fourth-order valence-electron chi connectivity index (χ4n) is 3.42. The Morgan fingerprint density at radius 1 is 1.30 bits per heavy atom. The van der Waals surface area contributed by atoms with Crippen LogP contribution in [0.4, 0.5) is 0 Å². The highest BCUT2D eigenvalue weighted by Crippen LogP contribution is 2.53. The number of esters is 2. The number of fused-ring (bicyclic) bond motifs is 1. The number of ether oxygens (including phenoxy) is 2. The van der Waals surface area contributed by atoms with Crippen molar-refractivity contribution in [1.82, 2.24) is 0 Å². The second-order valence-corrected chi connectivity index (χ2v) is 5.57. The third-order valence-electron chi connectivity index (χ3n) is 4.33. The Bertz CT molecular complexity index is 603. The van der Waals surface area contributed by atoms with Gasteiger partial charge in [-0.25, -0.2) is 0 Å². The van der Waals surface area contributed by atoms with E-state index in [-0.39, 0.29) is 25.6 Å². The number of hydrogen-bond donors (Lipinski definition) is 0. The number of hydrogen-bond acceptors (Lipinski definition) is 7. The summed E-state index contributed by atoms with van der Waals surface area (Å²) in [4.78, 5) is 30.7. The summed E-state index contributed by atoms with van der Waals surface area (Å²) < 4.78 is 15.9. The summed E-state index contributed by atoms with van der Waals surface area (Å²) in [6.07, 6.45) is 1.75. The zero-order valence-electron chi connectivity index (χ0n) is 13.1. The molecule has 0 saturated heterocycles. The van der Waals surface area contributed by atoms with E-state index in [1.54, 1.807) is 26.0 Å². The molecule has 1 aliphatic heterocycles. The van der Waals surface area contributed by atoms with Crippen LogP contribution >= 0.6 is 0 Å². The lowest BCUT2D eigenvalue weighted by atomic mass is 9.75. The predicted octanol–water partition coefficient (Wildman–Crippen LogP) is 1.88. The SMILES string of the molecule is CCOC(=O)C1(C(=O)OCC)C[C@H]2CON=C2[C@@H]1c1ccco1. The molecule has 0 N–H and O–H groups in total. The zero-order valence-corrected chi connectivity index (χ0v) is 13.1. The smallest absolute Gasteiger partial charge is 0.324 e. The monoisotopic (exact) mass is 321 g/mol. The summed E-state index contributed by atoms with van der Waals surface area (Å²) in [5.74, 6) is -1.51. The van der Waals surface area contributed by atoms with Crippen molar-refractivity contribution in [1.29, 1.82) is 0 Å². The van der Waals surface area contributed by atoms with Gasteiger partial charge in [0, 0.05) is 5.92 Å². The second kappa shape index (κ2) is 6.06. The normalized spacial score (nSPS) is 24.5. The minimum absolute atomic E-state index is 0.126. The summed E-state index contributed by atoms with van der Waals surface area (Å²) in [7, 11) is 0. The van der Waals surface area contributed by atoms with Crippen molar-refractivity contribution >= 4 is 17.7 Å². The zero-order chi connectivity index (χ0) is 16.4. The van der Waals surface area contributed by atoms with Crippen molar-refractivity contribution in [3.8, 4) is 0 Å². The van der Waals surface area contributed by atoms with Gasteiger partial charge in [0.15, 0.2) is 5.41 Å². The molecule has 0 radical (unpaired) electrons. The topological polar surface area (TPSA) is 87.3 Å². The molecule has 0 amide bonds. The van der Waals surface area contributed by atoms with E-state index in [2.05, 4.69) is 5.16 Å². The summed E-state index contributed by atoms with van der Waals surface area (Å²) in [6, 6.07) is 3.43. The molecular formula is C16H19NO6. The Morgan fingerprint density at radius 3 is 2.57 bits per heavy atom. The van der Waals surface area contributed by atoms with Crippen molar-refractivity contribution in [2.45, 2.75) is 26.2 Å². The molecule has 0 spiro atoms. The number of rotatable bonds is 5. The van der Waals surface area contributed by atoms with Crippen molar-refractivity contribution in [2.75, 3.05) is 19.8 Å². The average Bonchev–Trinajstić information content (AvgIpc) is 3.23. The number of oxime groups is 1. The van der Waals surface area contributed by atoms with Crippen LogP contribution < -0.4 is 0 Å². The Labute approximate surface area is 133 Å². The number of furan rings is 1. The first-order chi connectivity index (χ1) is 11.1. The van der Waals surface area contributed by atoms with Gasteiger partial charge >= 0.3 is 11.9 Å². The fraction of sp³-hybridized carbons (Fsp3) is 0.562. The van der Waals surface area contributed by atoms with Crippen LogP contribution in [-0.2, 0) is 23.9 Å². The molecule has 124 valence electrons. The molecule has 2 heterocycles. The maximum atomic E-state index is 12.8. The molecule has 1 saturated carbocycles. The maximum Gasteiger partial charge on any atom is 0.324 e. The van der Waals surface area contributed by atoms with Crippen LogP contribution in [0.5, 0.6) is 0 Å². The van der Waals surface area contributed by atoms with Crippen LogP contribution in [-0.4, -0.2) is 37.5 Å². The van der Waals surface area contributed by atoms with Gasteiger partial charge in [-0.05, 0) is 32.4 Å². The van der Waals surface area contributed by atoms with Gasteiger partial charge < -0.3 is 18.7 Å². The highest BCUT2D eigenvalue weighted by molar-refractivity contribution is 6.12. The van der Waals surface area contributed by atoms with Crippen molar-refractivity contribution in [3.63, 3.8) is 0 Å². The number of carbonyl (C=O) groups excluding carboxylic acids is 2. The molecule has 1 aliphatic carbocycles. The van der Waals surface area contributed by atoms with Crippen LogP contribution in [0.15, 0.2) is 28.0 Å². The number of carbonyl (C=O) groups is 2. The lowest BCUT2D eigenvalue weighted by Crippen LogP contribution is -2.45. The van der Waals surface area contributed by atoms with Crippen LogP contribution in [0.2, 0.25) is 0 Å². The molecular weight excluding hydrogens is 302 g/mol. The van der Waals surface area contributed by atoms with E-state index in [4.69, 9.17) is 18.7 Å².